The number of carbonyl (C=O) groups is 2. The molecule has 2 rings (SSSR count). The minimum Gasteiger partial charge on any atom is -0.451 e. The van der Waals surface area contributed by atoms with E-state index in [4.69, 9.17) is 4.74 Å². The number of nitrogens with zero attached hydrogens (tertiary/aromatic N) is 1. The number of ether oxygens (including phenoxy) is 1. The third-order valence-corrected chi connectivity index (χ3v) is 8.04. The molecule has 0 spiro atoms. The molecule has 0 radical (unpaired) electrons. The Labute approximate surface area is 191 Å². The Balaban J connectivity index is 1.93. The molecule has 8 nitrogen and oxygen atoms in total. The van der Waals surface area contributed by atoms with Gasteiger partial charge in [0, 0.05) is 19.8 Å². The first-order valence-electron chi connectivity index (χ1n) is 11.0. The number of sulfonamides is 1. The van der Waals surface area contributed by atoms with Crippen LogP contribution in [0.2, 0.25) is 0 Å². The van der Waals surface area contributed by atoms with E-state index >= 15 is 0 Å². The van der Waals surface area contributed by atoms with Gasteiger partial charge >= 0.3 is 5.97 Å². The highest BCUT2D eigenvalue weighted by Gasteiger charge is 2.36. The van der Waals surface area contributed by atoms with E-state index in [0.717, 1.165) is 30.0 Å². The minimum absolute atomic E-state index is 0.0335. The number of esters is 1. The van der Waals surface area contributed by atoms with E-state index in [9.17, 15) is 23.1 Å². The van der Waals surface area contributed by atoms with Crippen LogP contribution in [0.1, 0.15) is 53.4 Å². The molecule has 1 aliphatic carbocycles. The van der Waals surface area contributed by atoms with Crippen LogP contribution in [-0.2, 0) is 24.3 Å². The van der Waals surface area contributed by atoms with Crippen LogP contribution in [-0.4, -0.2) is 56.0 Å². The van der Waals surface area contributed by atoms with Crippen LogP contribution in [0.15, 0.2) is 29.2 Å². The van der Waals surface area contributed by atoms with Crippen LogP contribution in [0.25, 0.3) is 0 Å². The Morgan fingerprint density at radius 2 is 1.75 bits per heavy atom. The Hall–Kier alpha value is -1.97. The number of aliphatic hydroxyl groups is 1. The molecule has 1 amide bonds. The van der Waals surface area contributed by atoms with Gasteiger partial charge in [0.15, 0.2) is 12.2 Å². The van der Waals surface area contributed by atoms with E-state index in [1.807, 2.05) is 0 Å². The molecular weight excluding hydrogens is 432 g/mol. The molecule has 0 aliphatic heterocycles. The maximum absolute atomic E-state index is 12.5. The molecule has 0 aromatic heterocycles. The van der Waals surface area contributed by atoms with Crippen LogP contribution < -0.4 is 5.32 Å². The molecule has 1 saturated carbocycles. The first-order valence-corrected chi connectivity index (χ1v) is 12.4. The van der Waals surface area contributed by atoms with Crippen molar-refractivity contribution in [1.29, 1.82) is 0 Å². The highest BCUT2D eigenvalue weighted by atomic mass is 32.2. The second kappa shape index (κ2) is 10.3. The van der Waals surface area contributed by atoms with Crippen LogP contribution in [0.4, 0.5) is 5.69 Å². The lowest BCUT2D eigenvalue weighted by molar-refractivity contribution is -0.165. The van der Waals surface area contributed by atoms with Crippen LogP contribution in [0.5, 0.6) is 0 Å². The number of anilines is 1. The molecular formula is C23H36N2O6S. The molecule has 32 heavy (non-hydrogen) atoms. The van der Waals surface area contributed by atoms with E-state index in [1.54, 1.807) is 6.07 Å². The van der Waals surface area contributed by atoms with Gasteiger partial charge in [-0.25, -0.2) is 17.5 Å². The lowest BCUT2D eigenvalue weighted by Crippen LogP contribution is -2.39. The van der Waals surface area contributed by atoms with Gasteiger partial charge in [-0.2, -0.15) is 0 Å². The topological polar surface area (TPSA) is 113 Å². The standard InChI is InChI=1S/C23H36N2O6S/c1-15(21(27)24-18-8-7-9-19(14-18)32(29,30)25(5)6)31-22(28)20(26)16-10-12-17(13-11-16)23(2,3)4/h7-9,14-17,20,26H,10-13H2,1-6H3,(H,24,27). The van der Waals surface area contributed by atoms with Gasteiger partial charge in [0.25, 0.3) is 5.91 Å². The van der Waals surface area contributed by atoms with Gasteiger partial charge < -0.3 is 15.2 Å². The Morgan fingerprint density at radius 3 is 2.28 bits per heavy atom. The summed E-state index contributed by atoms with van der Waals surface area (Å²) in [6, 6.07) is 5.83. The molecule has 2 atom stereocenters. The number of amides is 1. The van der Waals surface area contributed by atoms with E-state index < -0.39 is 34.1 Å². The normalized spacial score (nSPS) is 21.6. The van der Waals surface area contributed by atoms with Crippen molar-refractivity contribution in [2.75, 3.05) is 19.4 Å². The summed E-state index contributed by atoms with van der Waals surface area (Å²) in [4.78, 5) is 24.9. The third kappa shape index (κ3) is 6.52. The fourth-order valence-corrected chi connectivity index (χ4v) is 4.93. The monoisotopic (exact) mass is 468 g/mol. The Morgan fingerprint density at radius 1 is 1.16 bits per heavy atom. The van der Waals surface area contributed by atoms with Gasteiger partial charge in [-0.1, -0.05) is 26.8 Å². The summed E-state index contributed by atoms with van der Waals surface area (Å²) < 4.78 is 30.8. The van der Waals surface area contributed by atoms with Crippen molar-refractivity contribution in [2.24, 2.45) is 17.3 Å². The molecule has 2 N–H and O–H groups in total. The van der Waals surface area contributed by atoms with Gasteiger partial charge in [-0.15, -0.1) is 0 Å². The summed E-state index contributed by atoms with van der Waals surface area (Å²) >= 11 is 0. The molecule has 0 bridgehead atoms. The fraction of sp³-hybridized carbons (Fsp3) is 0.652. The predicted octanol–water partition coefficient (Wildman–Crippen LogP) is 3.02. The van der Waals surface area contributed by atoms with Gasteiger partial charge in [-0.05, 0) is 68.1 Å². The number of benzene rings is 1. The molecule has 1 aromatic carbocycles. The summed E-state index contributed by atoms with van der Waals surface area (Å²) in [6.07, 6.45) is 0.969. The first kappa shape index (κ1) is 26.3. The van der Waals surface area contributed by atoms with Gasteiger partial charge in [0.1, 0.15) is 0 Å². The van der Waals surface area contributed by atoms with Crippen molar-refractivity contribution in [1.82, 2.24) is 4.31 Å². The average Bonchev–Trinajstić information content (AvgIpc) is 2.72. The zero-order valence-electron chi connectivity index (χ0n) is 19.8. The van der Waals surface area contributed by atoms with E-state index in [1.165, 1.54) is 39.2 Å². The van der Waals surface area contributed by atoms with Crippen molar-refractivity contribution in [3.05, 3.63) is 24.3 Å². The highest BCUT2D eigenvalue weighted by Crippen LogP contribution is 2.40. The molecule has 1 aromatic rings. The van der Waals surface area contributed by atoms with Gasteiger partial charge in [0.2, 0.25) is 10.0 Å². The van der Waals surface area contributed by atoms with Crippen LogP contribution in [0.3, 0.4) is 0 Å². The maximum Gasteiger partial charge on any atom is 0.336 e. The van der Waals surface area contributed by atoms with Gasteiger partial charge in [0.05, 0.1) is 4.90 Å². The number of rotatable bonds is 7. The number of nitrogens with one attached hydrogen (secondary N) is 1. The Kier molecular flexibility index (Phi) is 8.47. The quantitative estimate of drug-likeness (QED) is 0.595. The molecule has 180 valence electrons. The molecule has 1 fully saturated rings. The first-order chi connectivity index (χ1) is 14.7. The number of aliphatic hydroxyl groups excluding tert-OH is 1. The maximum atomic E-state index is 12.5. The zero-order chi connectivity index (χ0) is 24.3. The SMILES string of the molecule is CC(OC(=O)C(O)C1CCC(C(C)(C)C)CC1)C(=O)Nc1cccc(S(=O)(=O)N(C)C)c1. The van der Waals surface area contributed by atoms with E-state index in [-0.39, 0.29) is 21.9 Å². The highest BCUT2D eigenvalue weighted by molar-refractivity contribution is 7.89. The second-order valence-electron chi connectivity index (χ2n) is 9.81. The second-order valence-corrected chi connectivity index (χ2v) is 12.0. The predicted molar refractivity (Wildman–Crippen MR) is 122 cm³/mol. The summed E-state index contributed by atoms with van der Waals surface area (Å²) in [7, 11) is -0.809. The summed E-state index contributed by atoms with van der Waals surface area (Å²) in [6.45, 7) is 8.02. The lowest BCUT2D eigenvalue weighted by Gasteiger charge is -2.37. The van der Waals surface area contributed by atoms with Crippen LogP contribution >= 0.6 is 0 Å². The average molecular weight is 469 g/mol. The number of hydrogen-bond donors (Lipinski definition) is 2. The number of carbonyl (C=O) groups excluding carboxylic acids is 2. The minimum atomic E-state index is -3.65. The Bertz CT molecular complexity index is 915. The summed E-state index contributed by atoms with van der Waals surface area (Å²) in [5.41, 5.74) is 0.466. The van der Waals surface area contributed by atoms with E-state index in [0.29, 0.717) is 5.92 Å². The summed E-state index contributed by atoms with van der Waals surface area (Å²) in [5.74, 6) is -1.04. The van der Waals surface area contributed by atoms with E-state index in [2.05, 4.69) is 26.1 Å². The van der Waals surface area contributed by atoms with Crippen molar-refractivity contribution >= 4 is 27.6 Å². The molecule has 0 saturated heterocycles. The smallest absolute Gasteiger partial charge is 0.336 e. The fourth-order valence-electron chi connectivity index (χ4n) is 3.98. The van der Waals surface area contributed by atoms with Crippen molar-refractivity contribution in [2.45, 2.75) is 70.5 Å². The number of hydrogen-bond acceptors (Lipinski definition) is 6. The summed E-state index contributed by atoms with van der Waals surface area (Å²) in [5, 5.41) is 13.0. The molecule has 2 unspecified atom stereocenters. The van der Waals surface area contributed by atoms with Crippen molar-refractivity contribution in [3.8, 4) is 0 Å². The van der Waals surface area contributed by atoms with Crippen LogP contribution in [0, 0.1) is 17.3 Å². The third-order valence-electron chi connectivity index (χ3n) is 6.23. The largest absolute Gasteiger partial charge is 0.451 e. The molecule has 9 heteroatoms. The van der Waals surface area contributed by atoms with Crippen molar-refractivity contribution in [3.63, 3.8) is 0 Å². The van der Waals surface area contributed by atoms with Crippen molar-refractivity contribution < 1.29 is 27.9 Å². The van der Waals surface area contributed by atoms with Gasteiger partial charge in [-0.3, -0.25) is 4.79 Å². The zero-order valence-corrected chi connectivity index (χ0v) is 20.6. The molecule has 0 heterocycles. The molecule has 1 aliphatic rings. The lowest BCUT2D eigenvalue weighted by atomic mass is 9.69.